The molecule has 0 saturated heterocycles. The summed E-state index contributed by atoms with van der Waals surface area (Å²) in [7, 11) is 2.03. The molecule has 2 atom stereocenters. The number of pyridine rings is 2. The summed E-state index contributed by atoms with van der Waals surface area (Å²) in [4.78, 5) is 11.8. The van der Waals surface area contributed by atoms with Crippen molar-refractivity contribution in [1.29, 1.82) is 0 Å². The van der Waals surface area contributed by atoms with E-state index < -0.39 is 0 Å². The Morgan fingerprint density at radius 1 is 1.20 bits per heavy atom. The van der Waals surface area contributed by atoms with Gasteiger partial charge in [0.2, 0.25) is 0 Å². The monoisotopic (exact) mass is 403 g/mol. The summed E-state index contributed by atoms with van der Waals surface area (Å²) < 4.78 is 15.8. The fraction of sp³-hybridized carbons (Fsp3) is 0.333. The predicted molar refractivity (Wildman–Crippen MR) is 119 cm³/mol. The molecule has 4 aromatic rings. The van der Waals surface area contributed by atoms with Crippen molar-refractivity contribution in [2.75, 3.05) is 4.90 Å². The van der Waals surface area contributed by atoms with Crippen LogP contribution in [0, 0.1) is 12.7 Å². The van der Waals surface area contributed by atoms with Crippen molar-refractivity contribution in [2.45, 2.75) is 44.8 Å². The summed E-state index contributed by atoms with van der Waals surface area (Å²) in [5.41, 5.74) is 10.3. The Kier molecular flexibility index (Phi) is 4.66. The second kappa shape index (κ2) is 7.36. The Morgan fingerprint density at radius 3 is 2.87 bits per heavy atom. The van der Waals surface area contributed by atoms with E-state index in [0.717, 1.165) is 59.1 Å². The van der Waals surface area contributed by atoms with Gasteiger partial charge in [-0.3, -0.25) is 0 Å². The maximum Gasteiger partial charge on any atom is 0.139 e. The van der Waals surface area contributed by atoms with E-state index in [-0.39, 0.29) is 11.9 Å². The highest BCUT2D eigenvalue weighted by Crippen LogP contribution is 2.32. The maximum absolute atomic E-state index is 13.7. The molecule has 3 heterocycles. The van der Waals surface area contributed by atoms with Gasteiger partial charge >= 0.3 is 0 Å². The molecule has 1 aliphatic rings. The van der Waals surface area contributed by atoms with Crippen LogP contribution in [0.3, 0.4) is 0 Å². The van der Waals surface area contributed by atoms with Gasteiger partial charge in [0, 0.05) is 48.8 Å². The molecule has 3 aromatic heterocycles. The van der Waals surface area contributed by atoms with Gasteiger partial charge in [-0.2, -0.15) is 0 Å². The molecule has 0 amide bonds. The first-order valence-electron chi connectivity index (χ1n) is 10.5. The molecule has 0 spiro atoms. The third-order valence-corrected chi connectivity index (χ3v) is 6.30. The summed E-state index contributed by atoms with van der Waals surface area (Å²) in [6, 6.07) is 11.5. The van der Waals surface area contributed by atoms with Crippen LogP contribution in [0.2, 0.25) is 0 Å². The standard InChI is InChI=1S/C24H26FN5/c1-15-10-23(28-22-8-5-17(25)11-21(15)22)30(19-7-6-18(26)12-19)14-16-13-29(2)24-20(16)4-3-9-27-24/h3-5,8-11,13,18-19H,6-7,12,14,26H2,1-2H3/t18-,19-/m0/s1. The second-order valence-corrected chi connectivity index (χ2v) is 8.45. The first-order chi connectivity index (χ1) is 14.5. The fourth-order valence-electron chi connectivity index (χ4n) is 4.77. The molecule has 0 radical (unpaired) electrons. The van der Waals surface area contributed by atoms with Crippen molar-refractivity contribution in [2.24, 2.45) is 12.8 Å². The number of hydrogen-bond acceptors (Lipinski definition) is 4. The smallest absolute Gasteiger partial charge is 0.139 e. The van der Waals surface area contributed by atoms with Crippen LogP contribution in [-0.4, -0.2) is 26.6 Å². The lowest BCUT2D eigenvalue weighted by Gasteiger charge is -2.31. The Morgan fingerprint density at radius 2 is 2.07 bits per heavy atom. The molecule has 0 unspecified atom stereocenters. The first kappa shape index (κ1) is 19.0. The largest absolute Gasteiger partial charge is 0.349 e. The molecular formula is C24H26FN5. The summed E-state index contributed by atoms with van der Waals surface area (Å²) >= 11 is 0. The molecule has 1 aliphatic carbocycles. The lowest BCUT2D eigenvalue weighted by molar-refractivity contribution is 0.587. The second-order valence-electron chi connectivity index (χ2n) is 8.45. The first-order valence-corrected chi connectivity index (χ1v) is 10.5. The van der Waals surface area contributed by atoms with E-state index in [1.165, 1.54) is 11.6 Å². The number of aryl methyl sites for hydroxylation is 2. The molecule has 2 N–H and O–H groups in total. The number of hydrogen-bond donors (Lipinski definition) is 1. The highest BCUT2D eigenvalue weighted by Gasteiger charge is 2.29. The Balaban J connectivity index is 1.60. The van der Waals surface area contributed by atoms with Crippen LogP contribution in [0.15, 0.2) is 48.8 Å². The van der Waals surface area contributed by atoms with E-state index in [1.807, 2.05) is 26.2 Å². The van der Waals surface area contributed by atoms with Crippen molar-refractivity contribution in [3.8, 4) is 0 Å². The van der Waals surface area contributed by atoms with Gasteiger partial charge in [0.15, 0.2) is 0 Å². The molecule has 5 nitrogen and oxygen atoms in total. The number of anilines is 1. The Bertz CT molecular complexity index is 1230. The van der Waals surface area contributed by atoms with Crippen molar-refractivity contribution in [1.82, 2.24) is 14.5 Å². The Labute approximate surface area is 175 Å². The molecule has 1 saturated carbocycles. The van der Waals surface area contributed by atoms with Gasteiger partial charge in [-0.15, -0.1) is 0 Å². The molecule has 0 bridgehead atoms. The number of nitrogens with zero attached hydrogens (tertiary/aromatic N) is 4. The van der Waals surface area contributed by atoms with Crippen molar-refractivity contribution in [3.05, 3.63) is 65.7 Å². The zero-order valence-electron chi connectivity index (χ0n) is 17.3. The van der Waals surface area contributed by atoms with E-state index in [4.69, 9.17) is 10.7 Å². The zero-order chi connectivity index (χ0) is 20.8. The summed E-state index contributed by atoms with van der Waals surface area (Å²) in [6.45, 7) is 2.76. The normalized spacial score (nSPS) is 19.1. The van der Waals surface area contributed by atoms with Crippen molar-refractivity contribution in [3.63, 3.8) is 0 Å². The van der Waals surface area contributed by atoms with Gasteiger partial charge in [0.25, 0.3) is 0 Å². The van der Waals surface area contributed by atoms with Crippen LogP contribution in [-0.2, 0) is 13.6 Å². The highest BCUT2D eigenvalue weighted by atomic mass is 19.1. The summed E-state index contributed by atoms with van der Waals surface area (Å²) in [6.07, 6.45) is 7.00. The Hall–Kier alpha value is -2.99. The van der Waals surface area contributed by atoms with E-state index >= 15 is 0 Å². The van der Waals surface area contributed by atoms with Crippen molar-refractivity contribution < 1.29 is 4.39 Å². The van der Waals surface area contributed by atoms with Crippen LogP contribution in [0.25, 0.3) is 21.9 Å². The fourth-order valence-corrected chi connectivity index (χ4v) is 4.77. The summed E-state index contributed by atoms with van der Waals surface area (Å²) in [5.74, 6) is 0.689. The van der Waals surface area contributed by atoms with Gasteiger partial charge in [-0.1, -0.05) is 0 Å². The number of halogens is 1. The van der Waals surface area contributed by atoms with Crippen LogP contribution < -0.4 is 10.6 Å². The van der Waals surface area contributed by atoms with Crippen molar-refractivity contribution >= 4 is 27.8 Å². The minimum Gasteiger partial charge on any atom is -0.349 e. The average molecular weight is 404 g/mol. The van der Waals surface area contributed by atoms with Gasteiger partial charge in [-0.25, -0.2) is 14.4 Å². The minimum absolute atomic E-state index is 0.224. The SMILES string of the molecule is Cc1cc(N(Cc2cn(C)c3ncccc23)[C@H]2CC[C@H](N)C2)nc2ccc(F)cc12. The third kappa shape index (κ3) is 3.31. The van der Waals surface area contributed by atoms with E-state index in [0.29, 0.717) is 6.04 Å². The quantitative estimate of drug-likeness (QED) is 0.547. The minimum atomic E-state index is -0.234. The molecule has 154 valence electrons. The van der Waals surface area contributed by atoms with Crippen LogP contribution in [0.4, 0.5) is 10.2 Å². The molecular weight excluding hydrogens is 377 g/mol. The molecule has 1 fully saturated rings. The molecule has 5 rings (SSSR count). The molecule has 6 heteroatoms. The predicted octanol–water partition coefficient (Wildman–Crippen LogP) is 4.46. The zero-order valence-corrected chi connectivity index (χ0v) is 17.3. The third-order valence-electron chi connectivity index (χ3n) is 6.30. The summed E-state index contributed by atoms with van der Waals surface area (Å²) in [5, 5.41) is 2.02. The van der Waals surface area contributed by atoms with Crippen LogP contribution >= 0.6 is 0 Å². The van der Waals surface area contributed by atoms with E-state index in [9.17, 15) is 4.39 Å². The molecule has 30 heavy (non-hydrogen) atoms. The number of rotatable bonds is 4. The number of aromatic nitrogens is 3. The van der Waals surface area contributed by atoms with E-state index in [2.05, 4.69) is 32.8 Å². The number of nitrogens with two attached hydrogens (primary N) is 1. The lowest BCUT2D eigenvalue weighted by atomic mass is 10.1. The van der Waals surface area contributed by atoms with Crippen LogP contribution in [0.5, 0.6) is 0 Å². The van der Waals surface area contributed by atoms with Crippen LogP contribution in [0.1, 0.15) is 30.4 Å². The lowest BCUT2D eigenvalue weighted by Crippen LogP contribution is -2.35. The average Bonchev–Trinajstić information content (AvgIpc) is 3.30. The molecule has 0 aliphatic heterocycles. The topological polar surface area (TPSA) is 60.0 Å². The number of fused-ring (bicyclic) bond motifs is 2. The maximum atomic E-state index is 13.7. The van der Waals surface area contributed by atoms with Gasteiger partial charge in [-0.05, 0) is 73.7 Å². The van der Waals surface area contributed by atoms with E-state index in [1.54, 1.807) is 12.1 Å². The van der Waals surface area contributed by atoms with Gasteiger partial charge in [0.05, 0.1) is 5.52 Å². The number of benzene rings is 1. The highest BCUT2D eigenvalue weighted by molar-refractivity contribution is 5.84. The molecule has 1 aromatic carbocycles. The van der Waals surface area contributed by atoms with Gasteiger partial charge in [0.1, 0.15) is 17.3 Å². The van der Waals surface area contributed by atoms with Gasteiger partial charge < -0.3 is 15.2 Å².